The average Bonchev–Trinajstić information content (AvgIpc) is 3.08. The molecule has 0 fully saturated rings. The highest BCUT2D eigenvalue weighted by Crippen LogP contribution is 2.26. The Morgan fingerprint density at radius 1 is 1.20 bits per heavy atom. The molecule has 1 heterocycles. The zero-order valence-corrected chi connectivity index (χ0v) is 16.3. The van der Waals surface area contributed by atoms with Gasteiger partial charge < -0.3 is 0 Å². The fraction of sp³-hybridized carbons (Fsp3) is 0.188. The molecule has 0 aliphatic rings. The van der Waals surface area contributed by atoms with E-state index in [1.165, 1.54) is 17.3 Å². The monoisotopic (exact) mass is 467 g/mol. The van der Waals surface area contributed by atoms with E-state index in [1.54, 1.807) is 16.8 Å². The minimum Gasteiger partial charge on any atom is -0.258 e. The average molecular weight is 467 g/mol. The Labute approximate surface area is 162 Å². The number of rotatable bonds is 6. The molecule has 0 saturated carbocycles. The predicted octanol–water partition coefficient (Wildman–Crippen LogP) is 4.03. The number of non-ortho nitro benzene ring substituents is 1. The molecule has 0 amide bonds. The van der Waals surface area contributed by atoms with E-state index in [9.17, 15) is 10.1 Å². The van der Waals surface area contributed by atoms with Gasteiger partial charge in [-0.2, -0.15) is 4.68 Å². The van der Waals surface area contributed by atoms with Crippen molar-refractivity contribution in [2.75, 3.05) is 0 Å². The number of aromatic nitrogens is 4. The largest absolute Gasteiger partial charge is 0.270 e. The first kappa shape index (κ1) is 17.8. The molecule has 2 aromatic carbocycles. The molecule has 0 saturated heterocycles. The maximum absolute atomic E-state index is 11.0. The molecule has 0 spiro atoms. The molecule has 9 heteroatoms. The Morgan fingerprint density at radius 3 is 2.64 bits per heavy atom. The number of tetrazole rings is 1. The second-order valence-electron chi connectivity index (χ2n) is 5.26. The third-order valence-electron chi connectivity index (χ3n) is 3.55. The molecule has 0 N–H and O–H groups in total. The molecule has 3 rings (SSSR count). The number of thioether (sulfide) groups is 1. The van der Waals surface area contributed by atoms with Gasteiger partial charge >= 0.3 is 0 Å². The van der Waals surface area contributed by atoms with E-state index in [1.807, 2.05) is 30.3 Å². The summed E-state index contributed by atoms with van der Waals surface area (Å²) < 4.78 is 2.50. The smallest absolute Gasteiger partial charge is 0.258 e. The molecule has 0 atom stereocenters. The molecule has 0 bridgehead atoms. The number of benzene rings is 2. The number of hydrogen-bond donors (Lipinski definition) is 0. The van der Waals surface area contributed by atoms with Crippen molar-refractivity contribution < 1.29 is 4.92 Å². The van der Waals surface area contributed by atoms with Crippen molar-refractivity contribution in [1.29, 1.82) is 0 Å². The van der Waals surface area contributed by atoms with E-state index >= 15 is 0 Å². The molecular weight excluding hydrogens is 453 g/mol. The summed E-state index contributed by atoms with van der Waals surface area (Å²) in [6, 6.07) is 13.1. The van der Waals surface area contributed by atoms with E-state index in [0.717, 1.165) is 21.2 Å². The van der Waals surface area contributed by atoms with Crippen LogP contribution in [-0.4, -0.2) is 25.1 Å². The molecule has 7 nitrogen and oxygen atoms in total. The van der Waals surface area contributed by atoms with Crippen LogP contribution in [0.4, 0.5) is 5.69 Å². The van der Waals surface area contributed by atoms with Crippen LogP contribution in [0.1, 0.15) is 18.1 Å². The summed E-state index contributed by atoms with van der Waals surface area (Å²) in [7, 11) is 0. The van der Waals surface area contributed by atoms with Gasteiger partial charge in [0.2, 0.25) is 5.16 Å². The fourth-order valence-electron chi connectivity index (χ4n) is 2.27. The second-order valence-corrected chi connectivity index (χ2v) is 7.44. The maximum Gasteiger partial charge on any atom is 0.270 e. The van der Waals surface area contributed by atoms with Crippen molar-refractivity contribution in [2.24, 2.45) is 0 Å². The number of hydrogen-bond acceptors (Lipinski definition) is 6. The molecular formula is C16H14IN5O2S. The summed E-state index contributed by atoms with van der Waals surface area (Å²) in [4.78, 5) is 10.6. The topological polar surface area (TPSA) is 86.7 Å². The molecule has 0 aliphatic heterocycles. The van der Waals surface area contributed by atoms with Crippen molar-refractivity contribution in [1.82, 2.24) is 20.2 Å². The fourth-order valence-corrected chi connectivity index (χ4v) is 3.81. The summed E-state index contributed by atoms with van der Waals surface area (Å²) >= 11 is 3.52. The highest BCUT2D eigenvalue weighted by molar-refractivity contribution is 14.1. The Morgan fingerprint density at radius 2 is 1.96 bits per heavy atom. The van der Waals surface area contributed by atoms with Gasteiger partial charge in [-0.1, -0.05) is 30.8 Å². The summed E-state index contributed by atoms with van der Waals surface area (Å²) in [6.45, 7) is 2.10. The number of halogens is 1. The minimum atomic E-state index is -0.379. The minimum absolute atomic E-state index is 0.0947. The highest BCUT2D eigenvalue weighted by atomic mass is 127. The zero-order valence-electron chi connectivity index (χ0n) is 13.3. The second kappa shape index (κ2) is 7.91. The lowest BCUT2D eigenvalue weighted by Gasteiger charge is -2.06. The quantitative estimate of drug-likeness (QED) is 0.236. The Bertz CT molecular complexity index is 898. The van der Waals surface area contributed by atoms with Gasteiger partial charge in [-0.05, 0) is 68.8 Å². The van der Waals surface area contributed by atoms with Crippen LogP contribution in [0.5, 0.6) is 0 Å². The van der Waals surface area contributed by atoms with Gasteiger partial charge in [-0.15, -0.1) is 5.10 Å². The van der Waals surface area contributed by atoms with Crippen molar-refractivity contribution >= 4 is 40.0 Å². The lowest BCUT2D eigenvalue weighted by atomic mass is 10.1. The van der Waals surface area contributed by atoms with Crippen LogP contribution in [0.15, 0.2) is 47.6 Å². The highest BCUT2D eigenvalue weighted by Gasteiger charge is 2.12. The first-order valence-corrected chi connectivity index (χ1v) is 9.57. The van der Waals surface area contributed by atoms with Gasteiger partial charge in [0.1, 0.15) is 0 Å². The Hall–Kier alpha value is -2.01. The maximum atomic E-state index is 11.0. The molecule has 0 radical (unpaired) electrons. The van der Waals surface area contributed by atoms with Crippen molar-refractivity contribution in [3.63, 3.8) is 0 Å². The Kier molecular flexibility index (Phi) is 5.63. The van der Waals surface area contributed by atoms with Crippen LogP contribution in [0.25, 0.3) is 5.69 Å². The predicted molar refractivity (Wildman–Crippen MR) is 104 cm³/mol. The molecule has 25 heavy (non-hydrogen) atoms. The van der Waals surface area contributed by atoms with Crippen molar-refractivity contribution in [2.45, 2.75) is 24.3 Å². The van der Waals surface area contributed by atoms with Crippen molar-refractivity contribution in [3.8, 4) is 5.69 Å². The van der Waals surface area contributed by atoms with Gasteiger partial charge in [0.05, 0.1) is 10.6 Å². The van der Waals surface area contributed by atoms with Gasteiger partial charge in [0.15, 0.2) is 0 Å². The van der Waals surface area contributed by atoms with Crippen LogP contribution in [0, 0.1) is 13.7 Å². The van der Waals surface area contributed by atoms with Gasteiger partial charge in [-0.25, -0.2) is 0 Å². The third kappa shape index (κ3) is 4.34. The summed E-state index contributed by atoms with van der Waals surface area (Å²) in [5, 5.41) is 23.5. The normalized spacial score (nSPS) is 10.8. The third-order valence-corrected chi connectivity index (χ3v) is 5.16. The first-order valence-electron chi connectivity index (χ1n) is 7.51. The first-order chi connectivity index (χ1) is 12.1. The van der Waals surface area contributed by atoms with Crippen LogP contribution >= 0.6 is 34.4 Å². The number of nitro groups is 1. The van der Waals surface area contributed by atoms with Crippen molar-refractivity contribution in [3.05, 3.63) is 67.3 Å². The summed E-state index contributed by atoms with van der Waals surface area (Å²) in [6.07, 6.45) is 0.975. The van der Waals surface area contributed by atoms with Gasteiger partial charge in [0, 0.05) is 21.5 Å². The summed E-state index contributed by atoms with van der Waals surface area (Å²) in [5.41, 5.74) is 3.09. The SMILES string of the molecule is CCc1ccc(-n2nnnc2SCc2cc(I)cc([N+](=O)[O-])c2)cc1. The molecule has 0 unspecified atom stereocenters. The van der Waals surface area contributed by atoms with Crippen LogP contribution in [-0.2, 0) is 12.2 Å². The number of nitro benzene ring substituents is 1. The lowest BCUT2D eigenvalue weighted by Crippen LogP contribution is -1.99. The molecule has 0 aliphatic carbocycles. The van der Waals surface area contributed by atoms with Crippen LogP contribution in [0.2, 0.25) is 0 Å². The van der Waals surface area contributed by atoms with Gasteiger partial charge in [0.25, 0.3) is 5.69 Å². The molecule has 1 aromatic heterocycles. The van der Waals surface area contributed by atoms with Gasteiger partial charge in [-0.3, -0.25) is 10.1 Å². The lowest BCUT2D eigenvalue weighted by molar-refractivity contribution is -0.385. The van der Waals surface area contributed by atoms with E-state index in [2.05, 4.69) is 45.0 Å². The standard InChI is InChI=1S/C16H14IN5O2S/c1-2-11-3-5-14(6-4-11)21-16(18-19-20-21)25-10-12-7-13(17)9-15(8-12)22(23)24/h3-9H,2,10H2,1H3. The van der Waals surface area contributed by atoms with E-state index in [0.29, 0.717) is 10.9 Å². The van der Waals surface area contributed by atoms with Crippen LogP contribution in [0.3, 0.4) is 0 Å². The summed E-state index contributed by atoms with van der Waals surface area (Å²) in [5.74, 6) is 0.547. The van der Waals surface area contributed by atoms with E-state index in [4.69, 9.17) is 0 Å². The Balaban J connectivity index is 1.79. The van der Waals surface area contributed by atoms with E-state index in [-0.39, 0.29) is 10.6 Å². The van der Waals surface area contributed by atoms with E-state index < -0.39 is 0 Å². The number of nitrogens with zero attached hydrogens (tertiary/aromatic N) is 5. The molecule has 3 aromatic rings. The zero-order chi connectivity index (χ0) is 17.8. The van der Waals surface area contributed by atoms with Crippen LogP contribution < -0.4 is 0 Å². The number of aryl methyl sites for hydroxylation is 1. The molecule has 128 valence electrons.